The van der Waals surface area contributed by atoms with Crippen molar-refractivity contribution < 1.29 is 9.18 Å². The molecule has 3 rings (SSSR count). The van der Waals surface area contributed by atoms with Crippen LogP contribution in [0.25, 0.3) is 0 Å². The molecule has 1 N–H and O–H groups in total. The predicted molar refractivity (Wildman–Crippen MR) is 90.0 cm³/mol. The normalized spacial score (nSPS) is 14.9. The smallest absolute Gasteiger partial charge is 0.254 e. The van der Waals surface area contributed by atoms with Crippen LogP contribution >= 0.6 is 0 Å². The highest BCUT2D eigenvalue weighted by atomic mass is 19.1. The van der Waals surface area contributed by atoms with E-state index >= 15 is 0 Å². The third-order valence-corrected chi connectivity index (χ3v) is 4.61. The van der Waals surface area contributed by atoms with Crippen molar-refractivity contribution in [1.29, 1.82) is 0 Å². The largest absolute Gasteiger partial charge is 0.345 e. The van der Waals surface area contributed by atoms with Crippen LogP contribution in [0.3, 0.4) is 0 Å². The van der Waals surface area contributed by atoms with Gasteiger partial charge in [0.1, 0.15) is 5.82 Å². The number of carbonyl (C=O) groups is 1. The summed E-state index contributed by atoms with van der Waals surface area (Å²) < 4.78 is 13.8. The molecule has 0 saturated carbocycles. The van der Waals surface area contributed by atoms with Gasteiger partial charge in [0.05, 0.1) is 11.6 Å². The molecular formula is C20H22FNO. The molecule has 2 nitrogen and oxygen atoms in total. The van der Waals surface area contributed by atoms with Crippen LogP contribution in [0.5, 0.6) is 0 Å². The van der Waals surface area contributed by atoms with E-state index in [2.05, 4.69) is 23.5 Å². The van der Waals surface area contributed by atoms with Gasteiger partial charge < -0.3 is 5.32 Å². The molecule has 0 saturated heterocycles. The standard InChI is InChI=1S/C20H22FNO/c1-2-19(22-20(23)17-9-5-6-10-18(17)21)16-12-11-14-7-3-4-8-15(14)13-16/h5-6,9-13,19H,2-4,7-8H2,1H3,(H,22,23)/t19-/m0/s1. The number of fused-ring (bicyclic) bond motifs is 1. The van der Waals surface area contributed by atoms with Crippen LogP contribution in [0, 0.1) is 5.82 Å². The molecule has 0 fully saturated rings. The Morgan fingerprint density at radius 3 is 2.61 bits per heavy atom. The summed E-state index contributed by atoms with van der Waals surface area (Å²) in [4.78, 5) is 12.3. The van der Waals surface area contributed by atoms with Gasteiger partial charge in [-0.15, -0.1) is 0 Å². The fraction of sp³-hybridized carbons (Fsp3) is 0.350. The van der Waals surface area contributed by atoms with E-state index in [1.807, 2.05) is 6.92 Å². The zero-order chi connectivity index (χ0) is 16.2. The van der Waals surface area contributed by atoms with Gasteiger partial charge in [0.2, 0.25) is 0 Å². The maximum atomic E-state index is 13.8. The van der Waals surface area contributed by atoms with E-state index in [9.17, 15) is 9.18 Å². The minimum Gasteiger partial charge on any atom is -0.345 e. The van der Waals surface area contributed by atoms with E-state index < -0.39 is 5.82 Å². The maximum absolute atomic E-state index is 13.8. The topological polar surface area (TPSA) is 29.1 Å². The lowest BCUT2D eigenvalue weighted by molar-refractivity contribution is 0.0931. The molecule has 1 amide bonds. The molecule has 0 unspecified atom stereocenters. The van der Waals surface area contributed by atoms with Gasteiger partial charge in [0.15, 0.2) is 0 Å². The number of carbonyl (C=O) groups excluding carboxylic acids is 1. The number of nitrogens with one attached hydrogen (secondary N) is 1. The summed E-state index contributed by atoms with van der Waals surface area (Å²) in [5.41, 5.74) is 4.03. The highest BCUT2D eigenvalue weighted by molar-refractivity contribution is 5.94. The molecule has 3 heteroatoms. The summed E-state index contributed by atoms with van der Waals surface area (Å²) in [5.74, 6) is -0.835. The fourth-order valence-electron chi connectivity index (χ4n) is 3.27. The van der Waals surface area contributed by atoms with Crippen molar-refractivity contribution in [3.63, 3.8) is 0 Å². The molecule has 0 heterocycles. The number of hydrogen-bond acceptors (Lipinski definition) is 1. The van der Waals surface area contributed by atoms with E-state index in [1.54, 1.807) is 12.1 Å². The first-order valence-electron chi connectivity index (χ1n) is 8.36. The molecule has 0 spiro atoms. The van der Waals surface area contributed by atoms with E-state index in [0.717, 1.165) is 24.8 Å². The molecule has 0 aliphatic heterocycles. The van der Waals surface area contributed by atoms with Crippen LogP contribution in [-0.4, -0.2) is 5.91 Å². The first-order valence-corrected chi connectivity index (χ1v) is 8.36. The Morgan fingerprint density at radius 1 is 1.13 bits per heavy atom. The maximum Gasteiger partial charge on any atom is 0.254 e. The molecule has 1 atom stereocenters. The number of rotatable bonds is 4. The van der Waals surface area contributed by atoms with Crippen molar-refractivity contribution in [2.24, 2.45) is 0 Å². The monoisotopic (exact) mass is 311 g/mol. The van der Waals surface area contributed by atoms with Crippen molar-refractivity contribution in [3.8, 4) is 0 Å². The quantitative estimate of drug-likeness (QED) is 0.879. The van der Waals surface area contributed by atoms with Gasteiger partial charge in [-0.25, -0.2) is 4.39 Å². The highest BCUT2D eigenvalue weighted by Crippen LogP contribution is 2.26. The Balaban J connectivity index is 1.80. The molecule has 0 bridgehead atoms. The zero-order valence-electron chi connectivity index (χ0n) is 13.4. The minimum absolute atomic E-state index is 0.0886. The summed E-state index contributed by atoms with van der Waals surface area (Å²) in [5, 5.41) is 2.97. The Labute approximate surface area is 136 Å². The Hall–Kier alpha value is -2.16. The lowest BCUT2D eigenvalue weighted by atomic mass is 9.88. The third-order valence-electron chi connectivity index (χ3n) is 4.61. The molecular weight excluding hydrogens is 289 g/mol. The fourth-order valence-corrected chi connectivity index (χ4v) is 3.27. The predicted octanol–water partition coefficient (Wildman–Crippen LogP) is 4.59. The Kier molecular flexibility index (Phi) is 4.75. The minimum atomic E-state index is -0.481. The molecule has 23 heavy (non-hydrogen) atoms. The van der Waals surface area contributed by atoms with Crippen LogP contribution in [-0.2, 0) is 12.8 Å². The first kappa shape index (κ1) is 15.7. The molecule has 2 aromatic rings. The van der Waals surface area contributed by atoms with Gasteiger partial charge in [-0.2, -0.15) is 0 Å². The van der Waals surface area contributed by atoms with E-state index in [-0.39, 0.29) is 17.5 Å². The molecule has 0 radical (unpaired) electrons. The number of aryl methyl sites for hydroxylation is 2. The average Bonchev–Trinajstić information content (AvgIpc) is 2.59. The second-order valence-electron chi connectivity index (χ2n) is 6.15. The second kappa shape index (κ2) is 6.95. The van der Waals surface area contributed by atoms with Gasteiger partial charge >= 0.3 is 0 Å². The molecule has 2 aromatic carbocycles. The van der Waals surface area contributed by atoms with Crippen molar-refractivity contribution in [3.05, 3.63) is 70.5 Å². The van der Waals surface area contributed by atoms with Crippen LogP contribution in [0.2, 0.25) is 0 Å². The van der Waals surface area contributed by atoms with Gasteiger partial charge in [-0.3, -0.25) is 4.79 Å². The Morgan fingerprint density at radius 2 is 1.87 bits per heavy atom. The summed E-state index contributed by atoms with van der Waals surface area (Å²) in [6.45, 7) is 2.03. The number of amides is 1. The number of benzene rings is 2. The third kappa shape index (κ3) is 3.44. The summed E-state index contributed by atoms with van der Waals surface area (Å²) in [7, 11) is 0. The molecule has 1 aliphatic rings. The summed E-state index contributed by atoms with van der Waals surface area (Å²) in [6.07, 6.45) is 5.52. The first-order chi connectivity index (χ1) is 11.2. The van der Waals surface area contributed by atoms with Gasteiger partial charge in [-0.1, -0.05) is 37.3 Å². The van der Waals surface area contributed by atoms with Crippen molar-refractivity contribution in [1.82, 2.24) is 5.32 Å². The summed E-state index contributed by atoms with van der Waals surface area (Å²) in [6, 6.07) is 12.5. The van der Waals surface area contributed by atoms with Gasteiger partial charge in [0.25, 0.3) is 5.91 Å². The molecule has 120 valence electrons. The lowest BCUT2D eigenvalue weighted by Gasteiger charge is -2.22. The second-order valence-corrected chi connectivity index (χ2v) is 6.15. The van der Waals surface area contributed by atoms with E-state index in [1.165, 1.54) is 36.1 Å². The van der Waals surface area contributed by atoms with Crippen LogP contribution in [0.15, 0.2) is 42.5 Å². The van der Waals surface area contributed by atoms with Gasteiger partial charge in [0, 0.05) is 0 Å². The van der Waals surface area contributed by atoms with Crippen molar-refractivity contribution in [2.75, 3.05) is 0 Å². The Bertz CT molecular complexity index is 711. The van der Waals surface area contributed by atoms with Crippen molar-refractivity contribution >= 4 is 5.91 Å². The average molecular weight is 311 g/mol. The lowest BCUT2D eigenvalue weighted by Crippen LogP contribution is -2.29. The SMILES string of the molecule is CC[C@H](NC(=O)c1ccccc1F)c1ccc2c(c1)CCCC2. The van der Waals surface area contributed by atoms with E-state index in [0.29, 0.717) is 0 Å². The molecule has 1 aliphatic carbocycles. The van der Waals surface area contributed by atoms with Crippen LogP contribution in [0.4, 0.5) is 4.39 Å². The molecule has 0 aromatic heterocycles. The summed E-state index contributed by atoms with van der Waals surface area (Å²) >= 11 is 0. The zero-order valence-corrected chi connectivity index (χ0v) is 13.4. The van der Waals surface area contributed by atoms with Crippen LogP contribution < -0.4 is 5.32 Å². The number of hydrogen-bond donors (Lipinski definition) is 1. The van der Waals surface area contributed by atoms with Gasteiger partial charge in [-0.05, 0) is 60.9 Å². The highest BCUT2D eigenvalue weighted by Gasteiger charge is 2.18. The van der Waals surface area contributed by atoms with Crippen molar-refractivity contribution in [2.45, 2.75) is 45.1 Å². The van der Waals surface area contributed by atoms with Crippen LogP contribution in [0.1, 0.15) is 59.3 Å². The van der Waals surface area contributed by atoms with E-state index in [4.69, 9.17) is 0 Å². The number of halogens is 1.